The van der Waals surface area contributed by atoms with Gasteiger partial charge in [0.15, 0.2) is 0 Å². The molecule has 2 aromatic carbocycles. The largest absolute Gasteiger partial charge is 0.345 e. The van der Waals surface area contributed by atoms with Gasteiger partial charge in [0.2, 0.25) is 0 Å². The summed E-state index contributed by atoms with van der Waals surface area (Å²) in [7, 11) is -3.81. The third-order valence-corrected chi connectivity index (χ3v) is 7.03. The molecule has 158 valence electrons. The van der Waals surface area contributed by atoms with E-state index < -0.39 is 10.0 Å². The first-order valence-electron chi connectivity index (χ1n) is 10.6. The number of carbonyl (C=O) groups is 1. The Morgan fingerprint density at radius 1 is 1.13 bits per heavy atom. The number of rotatable bonds is 5. The first-order valence-corrected chi connectivity index (χ1v) is 12.0. The van der Waals surface area contributed by atoms with E-state index in [4.69, 9.17) is 0 Å². The summed E-state index contributed by atoms with van der Waals surface area (Å²) in [6.07, 6.45) is 5.39. The quantitative estimate of drug-likeness (QED) is 0.768. The van der Waals surface area contributed by atoms with Crippen LogP contribution >= 0.6 is 0 Å². The highest BCUT2D eigenvalue weighted by Gasteiger charge is 2.32. The Kier molecular flexibility index (Phi) is 5.90. The van der Waals surface area contributed by atoms with Crippen LogP contribution in [-0.2, 0) is 10.0 Å². The predicted octanol–water partition coefficient (Wildman–Crippen LogP) is 4.44. The molecule has 0 unspecified atom stereocenters. The van der Waals surface area contributed by atoms with Crippen molar-refractivity contribution in [3.63, 3.8) is 0 Å². The van der Waals surface area contributed by atoms with Crippen molar-refractivity contribution in [3.05, 3.63) is 59.7 Å². The topological polar surface area (TPSA) is 78.8 Å². The smallest absolute Gasteiger partial charge is 0.286 e. The van der Waals surface area contributed by atoms with Crippen LogP contribution in [0, 0.1) is 0 Å². The summed E-state index contributed by atoms with van der Waals surface area (Å²) < 4.78 is 29.7. The number of amidine groups is 1. The summed E-state index contributed by atoms with van der Waals surface area (Å²) in [6.45, 7) is 2.82. The van der Waals surface area contributed by atoms with Gasteiger partial charge in [-0.05, 0) is 43.0 Å². The van der Waals surface area contributed by atoms with Crippen LogP contribution in [0.15, 0.2) is 57.8 Å². The molecule has 0 aliphatic carbocycles. The molecule has 1 amide bonds. The highest BCUT2D eigenvalue weighted by molar-refractivity contribution is 7.90. The fourth-order valence-corrected chi connectivity index (χ4v) is 5.44. The van der Waals surface area contributed by atoms with E-state index in [9.17, 15) is 13.2 Å². The zero-order valence-corrected chi connectivity index (χ0v) is 18.0. The number of nitrogens with one attached hydrogen (secondary N) is 1. The first kappa shape index (κ1) is 20.6. The van der Waals surface area contributed by atoms with Gasteiger partial charge in [-0.2, -0.15) is 8.42 Å². The molecule has 0 bridgehead atoms. The van der Waals surface area contributed by atoms with Crippen LogP contribution in [0.25, 0.3) is 0 Å². The minimum Gasteiger partial charge on any atom is -0.345 e. The molecule has 2 aliphatic rings. The van der Waals surface area contributed by atoms with Crippen LogP contribution in [0.5, 0.6) is 0 Å². The third kappa shape index (κ3) is 4.12. The number of hydrogen-bond donors (Lipinski definition) is 1. The second-order valence-electron chi connectivity index (χ2n) is 7.85. The Morgan fingerprint density at radius 2 is 1.93 bits per heavy atom. The summed E-state index contributed by atoms with van der Waals surface area (Å²) >= 11 is 0. The molecule has 7 heteroatoms. The van der Waals surface area contributed by atoms with Gasteiger partial charge in [-0.1, -0.05) is 50.1 Å². The predicted molar refractivity (Wildman–Crippen MR) is 118 cm³/mol. The standard InChI is InChI=1S/C23H27N3O3S/c1-2-9-19(17-10-5-3-6-11-17)24-23(27)18-13-14-20-21(16-18)30(28,29)25-22-12-7-4-8-15-26(20)22/h3,5-6,10-11,13-14,16,19H,2,4,7-9,12,15H2,1H3,(H,24,27)/t19-/m0/s1. The molecule has 6 nitrogen and oxygen atoms in total. The fourth-order valence-electron chi connectivity index (χ4n) is 4.16. The summed E-state index contributed by atoms with van der Waals surface area (Å²) in [5, 5.41) is 3.07. The molecule has 2 heterocycles. The van der Waals surface area contributed by atoms with E-state index in [0.29, 0.717) is 23.5 Å². The molecular weight excluding hydrogens is 398 g/mol. The molecule has 1 saturated heterocycles. The molecule has 4 rings (SSSR count). The van der Waals surface area contributed by atoms with Crippen LogP contribution in [0.4, 0.5) is 5.69 Å². The van der Waals surface area contributed by atoms with Crippen molar-refractivity contribution in [2.75, 3.05) is 11.4 Å². The molecule has 0 saturated carbocycles. The van der Waals surface area contributed by atoms with Crippen molar-refractivity contribution in [1.29, 1.82) is 0 Å². The lowest BCUT2D eigenvalue weighted by Gasteiger charge is -2.29. The Morgan fingerprint density at radius 3 is 2.70 bits per heavy atom. The van der Waals surface area contributed by atoms with Gasteiger partial charge >= 0.3 is 0 Å². The lowest BCUT2D eigenvalue weighted by atomic mass is 10.0. The number of benzene rings is 2. The molecule has 2 aromatic rings. The van der Waals surface area contributed by atoms with E-state index in [1.807, 2.05) is 35.2 Å². The van der Waals surface area contributed by atoms with Gasteiger partial charge in [0.25, 0.3) is 15.9 Å². The van der Waals surface area contributed by atoms with Crippen LogP contribution in [0.1, 0.15) is 67.4 Å². The normalized spacial score (nSPS) is 18.4. The monoisotopic (exact) mass is 425 g/mol. The number of carbonyl (C=O) groups excluding carboxylic acids is 1. The van der Waals surface area contributed by atoms with Gasteiger partial charge in [-0.15, -0.1) is 4.40 Å². The number of fused-ring (bicyclic) bond motifs is 3. The molecule has 0 aromatic heterocycles. The number of hydrogen-bond acceptors (Lipinski definition) is 4. The van der Waals surface area contributed by atoms with Crippen LogP contribution < -0.4 is 10.2 Å². The highest BCUT2D eigenvalue weighted by Crippen LogP contribution is 2.35. The zero-order chi connectivity index (χ0) is 21.1. The second kappa shape index (κ2) is 8.60. The van der Waals surface area contributed by atoms with Gasteiger partial charge in [-0.25, -0.2) is 0 Å². The van der Waals surface area contributed by atoms with Gasteiger partial charge in [0.1, 0.15) is 10.7 Å². The number of sulfonamides is 1. The van der Waals surface area contributed by atoms with Crippen LogP contribution in [0.3, 0.4) is 0 Å². The van der Waals surface area contributed by atoms with E-state index in [1.165, 1.54) is 6.07 Å². The summed E-state index contributed by atoms with van der Waals surface area (Å²) in [4.78, 5) is 15.1. The molecule has 2 aliphatic heterocycles. The SMILES string of the molecule is CCC[C@H](NC(=O)c1ccc2c(c1)S(=O)(=O)N=C1CCCCCN12)c1ccccc1. The van der Waals surface area contributed by atoms with Crippen molar-refractivity contribution in [2.24, 2.45) is 4.40 Å². The molecule has 0 radical (unpaired) electrons. The van der Waals surface area contributed by atoms with Gasteiger partial charge in [0, 0.05) is 18.5 Å². The molecule has 1 fully saturated rings. The Bertz CT molecular complexity index is 1060. The van der Waals surface area contributed by atoms with Crippen molar-refractivity contribution in [1.82, 2.24) is 5.32 Å². The second-order valence-corrected chi connectivity index (χ2v) is 9.43. The average Bonchev–Trinajstić information content (AvgIpc) is 2.98. The molecule has 1 N–H and O–H groups in total. The van der Waals surface area contributed by atoms with Gasteiger partial charge < -0.3 is 10.2 Å². The van der Waals surface area contributed by atoms with Crippen molar-refractivity contribution >= 4 is 27.5 Å². The third-order valence-electron chi connectivity index (χ3n) is 5.69. The molecule has 0 spiro atoms. The van der Waals surface area contributed by atoms with E-state index in [-0.39, 0.29) is 16.8 Å². The summed E-state index contributed by atoms with van der Waals surface area (Å²) in [5.74, 6) is 0.338. The molecule has 1 atom stereocenters. The number of nitrogens with zero attached hydrogens (tertiary/aromatic N) is 2. The maximum atomic E-state index is 13.0. The van der Waals surface area contributed by atoms with Crippen molar-refractivity contribution < 1.29 is 13.2 Å². The maximum Gasteiger partial charge on any atom is 0.286 e. The Balaban J connectivity index is 1.64. The van der Waals surface area contributed by atoms with Crippen molar-refractivity contribution in [2.45, 2.75) is 56.4 Å². The first-order chi connectivity index (χ1) is 14.5. The summed E-state index contributed by atoms with van der Waals surface area (Å²) in [6, 6.07) is 14.6. The van der Waals surface area contributed by atoms with E-state index in [0.717, 1.165) is 44.2 Å². The fraction of sp³-hybridized carbons (Fsp3) is 0.391. The van der Waals surface area contributed by atoms with E-state index in [2.05, 4.69) is 16.6 Å². The Hall–Kier alpha value is -2.67. The van der Waals surface area contributed by atoms with Crippen LogP contribution in [0.2, 0.25) is 0 Å². The minimum atomic E-state index is -3.81. The van der Waals surface area contributed by atoms with Gasteiger partial charge in [-0.3, -0.25) is 4.79 Å². The lowest BCUT2D eigenvalue weighted by molar-refractivity contribution is 0.0934. The van der Waals surface area contributed by atoms with E-state index >= 15 is 0 Å². The maximum absolute atomic E-state index is 13.0. The number of amides is 1. The average molecular weight is 426 g/mol. The number of anilines is 1. The highest BCUT2D eigenvalue weighted by atomic mass is 32.2. The Labute approximate surface area is 178 Å². The lowest BCUT2D eigenvalue weighted by Crippen LogP contribution is -2.35. The van der Waals surface area contributed by atoms with Crippen LogP contribution in [-0.4, -0.2) is 26.7 Å². The van der Waals surface area contributed by atoms with E-state index in [1.54, 1.807) is 12.1 Å². The van der Waals surface area contributed by atoms with Crippen molar-refractivity contribution in [3.8, 4) is 0 Å². The minimum absolute atomic E-state index is 0.118. The van der Waals surface area contributed by atoms with Gasteiger partial charge in [0.05, 0.1) is 11.7 Å². The molecular formula is C23H27N3O3S. The molecule has 30 heavy (non-hydrogen) atoms. The zero-order valence-electron chi connectivity index (χ0n) is 17.2. The summed E-state index contributed by atoms with van der Waals surface area (Å²) in [5.41, 5.74) is 2.01.